The Kier molecular flexibility index (Phi) is 5.48. The third kappa shape index (κ3) is 4.29. The summed E-state index contributed by atoms with van der Waals surface area (Å²) in [5.74, 6) is -0.390. The molecule has 0 aliphatic rings. The third-order valence-electron chi connectivity index (χ3n) is 3.11. The van der Waals surface area contributed by atoms with Gasteiger partial charge >= 0.3 is 6.03 Å². The molecule has 1 aromatic heterocycles. The van der Waals surface area contributed by atoms with Gasteiger partial charge in [-0.15, -0.1) is 0 Å². The summed E-state index contributed by atoms with van der Waals surface area (Å²) < 4.78 is 15.0. The zero-order valence-corrected chi connectivity index (χ0v) is 12.3. The Bertz CT molecular complexity index is 630. The second-order valence-electron chi connectivity index (χ2n) is 4.99. The van der Waals surface area contributed by atoms with E-state index in [1.807, 2.05) is 6.92 Å². The fourth-order valence-electron chi connectivity index (χ4n) is 2.02. The van der Waals surface area contributed by atoms with Gasteiger partial charge < -0.3 is 15.7 Å². The molecule has 1 atom stereocenters. The van der Waals surface area contributed by atoms with Crippen LogP contribution >= 0.6 is 0 Å². The molecular formula is C15H19FN4O2. The maximum Gasteiger partial charge on any atom is 0.319 e. The van der Waals surface area contributed by atoms with E-state index in [0.717, 1.165) is 0 Å². The van der Waals surface area contributed by atoms with Crippen molar-refractivity contribution < 1.29 is 14.3 Å². The molecule has 1 unspecified atom stereocenters. The first-order chi connectivity index (χ1) is 10.6. The highest BCUT2D eigenvalue weighted by Gasteiger charge is 2.10. The lowest BCUT2D eigenvalue weighted by atomic mass is 10.2. The molecule has 6 nitrogen and oxygen atoms in total. The molecule has 0 spiro atoms. The molecule has 118 valence electrons. The molecule has 0 radical (unpaired) electrons. The predicted octanol–water partition coefficient (Wildman–Crippen LogP) is 2.29. The Balaban J connectivity index is 1.95. The van der Waals surface area contributed by atoms with Gasteiger partial charge in [0.1, 0.15) is 11.5 Å². The first-order valence-corrected chi connectivity index (χ1v) is 7.08. The molecule has 0 aliphatic carbocycles. The molecule has 0 saturated carbocycles. The summed E-state index contributed by atoms with van der Waals surface area (Å²) in [6.45, 7) is 1.96. The number of aliphatic hydroxyl groups excluding tert-OH is 1. The quantitative estimate of drug-likeness (QED) is 0.766. The fourth-order valence-corrected chi connectivity index (χ4v) is 2.02. The van der Waals surface area contributed by atoms with Crippen molar-refractivity contribution in [2.24, 2.45) is 0 Å². The number of rotatable bonds is 6. The largest absolute Gasteiger partial charge is 0.396 e. The number of aromatic nitrogens is 2. The summed E-state index contributed by atoms with van der Waals surface area (Å²) in [6.07, 6.45) is 4.31. The van der Waals surface area contributed by atoms with E-state index in [2.05, 4.69) is 15.7 Å². The van der Waals surface area contributed by atoms with Crippen molar-refractivity contribution in [3.63, 3.8) is 0 Å². The molecule has 0 fully saturated rings. The number of benzene rings is 1. The molecule has 2 amide bonds. The number of urea groups is 1. The molecule has 22 heavy (non-hydrogen) atoms. The van der Waals surface area contributed by atoms with Crippen LogP contribution in [-0.2, 0) is 0 Å². The number of nitrogens with zero attached hydrogens (tertiary/aromatic N) is 2. The van der Waals surface area contributed by atoms with E-state index in [0.29, 0.717) is 24.2 Å². The number of halogens is 1. The normalized spacial score (nSPS) is 12.0. The van der Waals surface area contributed by atoms with Gasteiger partial charge in [0.15, 0.2) is 0 Å². The van der Waals surface area contributed by atoms with Crippen LogP contribution in [0.5, 0.6) is 0 Å². The first kappa shape index (κ1) is 16.0. The zero-order chi connectivity index (χ0) is 15.9. The van der Waals surface area contributed by atoms with Gasteiger partial charge in [-0.3, -0.25) is 0 Å². The Morgan fingerprint density at radius 2 is 2.23 bits per heavy atom. The number of hydrogen-bond donors (Lipinski definition) is 3. The lowest BCUT2D eigenvalue weighted by Crippen LogP contribution is -2.36. The minimum Gasteiger partial charge on any atom is -0.396 e. The average Bonchev–Trinajstić information content (AvgIpc) is 2.93. The van der Waals surface area contributed by atoms with Gasteiger partial charge in [-0.1, -0.05) is 12.1 Å². The summed E-state index contributed by atoms with van der Waals surface area (Å²) in [6, 6.07) is 5.85. The Morgan fingerprint density at radius 3 is 2.95 bits per heavy atom. The fraction of sp³-hybridized carbons (Fsp3) is 0.333. The number of para-hydroxylation sites is 1. The average molecular weight is 306 g/mol. The molecule has 0 aliphatic heterocycles. The van der Waals surface area contributed by atoms with Crippen LogP contribution in [0, 0.1) is 5.82 Å². The third-order valence-corrected chi connectivity index (χ3v) is 3.11. The van der Waals surface area contributed by atoms with Gasteiger partial charge in [0.25, 0.3) is 0 Å². The van der Waals surface area contributed by atoms with Crippen LogP contribution in [-0.4, -0.2) is 33.6 Å². The molecule has 1 aromatic carbocycles. The van der Waals surface area contributed by atoms with Crippen molar-refractivity contribution in [2.45, 2.75) is 25.8 Å². The van der Waals surface area contributed by atoms with E-state index < -0.39 is 0 Å². The Labute approximate surface area is 128 Å². The van der Waals surface area contributed by atoms with Crippen LogP contribution in [0.1, 0.15) is 19.8 Å². The number of carbonyl (C=O) groups excluding carboxylic acids is 1. The molecule has 7 heteroatoms. The van der Waals surface area contributed by atoms with E-state index in [1.165, 1.54) is 23.1 Å². The highest BCUT2D eigenvalue weighted by molar-refractivity contribution is 5.89. The molecule has 1 heterocycles. The molecule has 2 rings (SSSR count). The van der Waals surface area contributed by atoms with Crippen molar-refractivity contribution in [2.75, 3.05) is 11.9 Å². The second-order valence-corrected chi connectivity index (χ2v) is 4.99. The number of carbonyl (C=O) groups is 1. The standard InChI is InChI=1S/C15H19FN4O2/c1-11(5-4-8-21)18-15(22)19-12-9-17-20(10-12)14-7-3-2-6-13(14)16/h2-3,6-7,9-11,21H,4-5,8H2,1H3,(H2,18,19,22). The van der Waals surface area contributed by atoms with Crippen LogP contribution in [0.15, 0.2) is 36.7 Å². The summed E-state index contributed by atoms with van der Waals surface area (Å²) in [7, 11) is 0. The lowest BCUT2D eigenvalue weighted by molar-refractivity contribution is 0.245. The number of aliphatic hydroxyl groups is 1. The number of anilines is 1. The smallest absolute Gasteiger partial charge is 0.319 e. The monoisotopic (exact) mass is 306 g/mol. The van der Waals surface area contributed by atoms with E-state index >= 15 is 0 Å². The van der Waals surface area contributed by atoms with Crippen LogP contribution in [0.4, 0.5) is 14.9 Å². The summed E-state index contributed by atoms with van der Waals surface area (Å²) in [5, 5.41) is 18.2. The molecule has 3 N–H and O–H groups in total. The molecule has 2 aromatic rings. The van der Waals surface area contributed by atoms with Gasteiger partial charge in [0, 0.05) is 12.6 Å². The SMILES string of the molecule is CC(CCCO)NC(=O)Nc1cnn(-c2ccccc2F)c1. The zero-order valence-electron chi connectivity index (χ0n) is 12.3. The Morgan fingerprint density at radius 1 is 1.45 bits per heavy atom. The van der Waals surface area contributed by atoms with Crippen molar-refractivity contribution in [1.82, 2.24) is 15.1 Å². The predicted molar refractivity (Wildman–Crippen MR) is 81.5 cm³/mol. The van der Waals surface area contributed by atoms with Gasteiger partial charge in [-0.2, -0.15) is 5.10 Å². The number of nitrogens with one attached hydrogen (secondary N) is 2. The van der Waals surface area contributed by atoms with Gasteiger partial charge in [0.05, 0.1) is 18.1 Å². The topological polar surface area (TPSA) is 79.2 Å². The minimum absolute atomic E-state index is 0.0474. The van der Waals surface area contributed by atoms with E-state index in [9.17, 15) is 9.18 Å². The van der Waals surface area contributed by atoms with Crippen molar-refractivity contribution in [1.29, 1.82) is 0 Å². The van der Waals surface area contributed by atoms with Crippen LogP contribution < -0.4 is 10.6 Å². The molecular weight excluding hydrogens is 287 g/mol. The van der Waals surface area contributed by atoms with Crippen molar-refractivity contribution >= 4 is 11.7 Å². The summed E-state index contributed by atoms with van der Waals surface area (Å²) >= 11 is 0. The van der Waals surface area contributed by atoms with E-state index in [1.54, 1.807) is 18.2 Å². The maximum atomic E-state index is 13.7. The van der Waals surface area contributed by atoms with Crippen LogP contribution in [0.3, 0.4) is 0 Å². The minimum atomic E-state index is -0.390. The highest BCUT2D eigenvalue weighted by Crippen LogP contribution is 2.14. The molecule has 0 bridgehead atoms. The van der Waals surface area contributed by atoms with Crippen molar-refractivity contribution in [3.8, 4) is 5.69 Å². The maximum absolute atomic E-state index is 13.7. The first-order valence-electron chi connectivity index (χ1n) is 7.08. The Hall–Kier alpha value is -2.41. The number of amides is 2. The molecule has 0 saturated heterocycles. The van der Waals surface area contributed by atoms with Gasteiger partial charge in [-0.25, -0.2) is 13.9 Å². The van der Waals surface area contributed by atoms with Gasteiger partial charge in [-0.05, 0) is 31.9 Å². The summed E-state index contributed by atoms with van der Waals surface area (Å²) in [4.78, 5) is 11.8. The van der Waals surface area contributed by atoms with E-state index in [4.69, 9.17) is 5.11 Å². The number of hydrogen-bond acceptors (Lipinski definition) is 3. The second kappa shape index (κ2) is 7.56. The summed E-state index contributed by atoms with van der Waals surface area (Å²) in [5.41, 5.74) is 0.780. The lowest BCUT2D eigenvalue weighted by Gasteiger charge is -2.13. The van der Waals surface area contributed by atoms with Crippen LogP contribution in [0.2, 0.25) is 0 Å². The van der Waals surface area contributed by atoms with Crippen molar-refractivity contribution in [3.05, 3.63) is 42.5 Å². The van der Waals surface area contributed by atoms with E-state index in [-0.39, 0.29) is 24.5 Å². The highest BCUT2D eigenvalue weighted by atomic mass is 19.1. The van der Waals surface area contributed by atoms with Crippen LogP contribution in [0.25, 0.3) is 5.69 Å². The van der Waals surface area contributed by atoms with Gasteiger partial charge in [0.2, 0.25) is 0 Å².